The highest BCUT2D eigenvalue weighted by Gasteiger charge is 2.18. The lowest BCUT2D eigenvalue weighted by Gasteiger charge is -2.04. The molecule has 132 valence electrons. The molecule has 1 aromatic carbocycles. The van der Waals surface area contributed by atoms with Crippen molar-refractivity contribution in [2.45, 2.75) is 6.42 Å². The van der Waals surface area contributed by atoms with Crippen LogP contribution in [0.4, 0.5) is 0 Å². The number of aromatic nitrogens is 3. The van der Waals surface area contributed by atoms with Crippen molar-refractivity contribution in [1.29, 1.82) is 0 Å². The number of ether oxygens (including phenoxy) is 1. The number of methoxy groups -OCH3 is 1. The average molecular weight is 350 g/mol. The summed E-state index contributed by atoms with van der Waals surface area (Å²) in [5.74, 6) is -0.687. The van der Waals surface area contributed by atoms with E-state index in [1.165, 1.54) is 7.11 Å². The van der Waals surface area contributed by atoms with E-state index in [0.717, 1.165) is 11.3 Å². The van der Waals surface area contributed by atoms with Gasteiger partial charge in [0.1, 0.15) is 5.69 Å². The molecule has 3 aromatic rings. The minimum atomic E-state index is -0.377. The highest BCUT2D eigenvalue weighted by atomic mass is 16.5. The number of hydrogen-bond donors (Lipinski definition) is 1. The van der Waals surface area contributed by atoms with Crippen molar-refractivity contribution in [3.05, 3.63) is 66.6 Å². The lowest BCUT2D eigenvalue weighted by atomic mass is 10.1. The number of hydrogen-bond acceptors (Lipinski definition) is 5. The molecular formula is C19H18N4O3. The van der Waals surface area contributed by atoms with Gasteiger partial charge in [-0.05, 0) is 24.3 Å². The van der Waals surface area contributed by atoms with E-state index in [2.05, 4.69) is 20.1 Å². The van der Waals surface area contributed by atoms with Crippen LogP contribution in [0.5, 0.6) is 0 Å². The largest absolute Gasteiger partial charge is 0.469 e. The number of amides is 1. The molecule has 0 spiro atoms. The number of benzene rings is 1. The molecule has 0 saturated heterocycles. The standard InChI is InChI=1S/C19H18N4O3/c1-26-17(24)9-11-21-19(25)16-13-23(15-7-3-2-4-8-15)22-18(16)14-6-5-10-20-12-14/h2-8,10,12-13H,9,11H2,1H3,(H,21,25). The maximum Gasteiger partial charge on any atom is 0.307 e. The van der Waals surface area contributed by atoms with Crippen LogP contribution < -0.4 is 5.32 Å². The number of carbonyl (C=O) groups is 2. The Morgan fingerprint density at radius 3 is 2.65 bits per heavy atom. The summed E-state index contributed by atoms with van der Waals surface area (Å²) < 4.78 is 6.23. The Hall–Kier alpha value is -3.48. The normalized spacial score (nSPS) is 10.3. The van der Waals surface area contributed by atoms with E-state index in [9.17, 15) is 9.59 Å². The zero-order valence-corrected chi connectivity index (χ0v) is 14.3. The summed E-state index contributed by atoms with van der Waals surface area (Å²) in [6.45, 7) is 0.189. The minimum absolute atomic E-state index is 0.108. The number of rotatable bonds is 6. The van der Waals surface area contributed by atoms with Crippen molar-refractivity contribution in [3.8, 4) is 16.9 Å². The molecule has 7 heteroatoms. The molecular weight excluding hydrogens is 332 g/mol. The number of pyridine rings is 1. The van der Waals surface area contributed by atoms with Crippen molar-refractivity contribution >= 4 is 11.9 Å². The van der Waals surface area contributed by atoms with Crippen molar-refractivity contribution < 1.29 is 14.3 Å². The Morgan fingerprint density at radius 2 is 1.96 bits per heavy atom. The van der Waals surface area contributed by atoms with Gasteiger partial charge in [-0.1, -0.05) is 18.2 Å². The number of nitrogens with zero attached hydrogens (tertiary/aromatic N) is 3. The molecule has 2 heterocycles. The Labute approximate surface area is 150 Å². The van der Waals surface area contributed by atoms with E-state index in [0.29, 0.717) is 11.3 Å². The maximum absolute atomic E-state index is 12.6. The van der Waals surface area contributed by atoms with Crippen LogP contribution in [0.3, 0.4) is 0 Å². The van der Waals surface area contributed by atoms with Crippen LogP contribution in [-0.2, 0) is 9.53 Å². The lowest BCUT2D eigenvalue weighted by Crippen LogP contribution is -2.26. The first-order chi connectivity index (χ1) is 12.7. The SMILES string of the molecule is COC(=O)CCNC(=O)c1cn(-c2ccccc2)nc1-c1cccnc1. The molecule has 0 atom stereocenters. The Balaban J connectivity index is 1.91. The molecule has 1 amide bonds. The predicted octanol–water partition coefficient (Wildman–Crippen LogP) is 2.23. The summed E-state index contributed by atoms with van der Waals surface area (Å²) in [6.07, 6.45) is 5.10. The first kappa shape index (κ1) is 17.3. The predicted molar refractivity (Wildman–Crippen MR) is 95.8 cm³/mol. The van der Waals surface area contributed by atoms with Crippen LogP contribution in [0.15, 0.2) is 61.1 Å². The maximum atomic E-state index is 12.6. The fourth-order valence-electron chi connectivity index (χ4n) is 2.44. The molecule has 7 nitrogen and oxygen atoms in total. The van der Waals surface area contributed by atoms with Gasteiger partial charge in [-0.3, -0.25) is 14.6 Å². The van der Waals surface area contributed by atoms with E-state index < -0.39 is 0 Å². The summed E-state index contributed by atoms with van der Waals surface area (Å²) in [5, 5.41) is 7.28. The average Bonchev–Trinajstić information content (AvgIpc) is 3.14. The van der Waals surface area contributed by atoms with Gasteiger partial charge < -0.3 is 10.1 Å². The fraction of sp³-hybridized carbons (Fsp3) is 0.158. The second-order valence-electron chi connectivity index (χ2n) is 5.50. The van der Waals surface area contributed by atoms with Crippen molar-refractivity contribution in [3.63, 3.8) is 0 Å². The van der Waals surface area contributed by atoms with Gasteiger partial charge in [0.15, 0.2) is 0 Å². The van der Waals surface area contributed by atoms with Crippen LogP contribution >= 0.6 is 0 Å². The summed E-state index contributed by atoms with van der Waals surface area (Å²) >= 11 is 0. The molecule has 2 aromatic heterocycles. The quantitative estimate of drug-likeness (QED) is 0.689. The topological polar surface area (TPSA) is 86.1 Å². The van der Waals surface area contributed by atoms with Gasteiger partial charge in [0.25, 0.3) is 5.91 Å². The molecule has 0 aliphatic rings. The second-order valence-corrected chi connectivity index (χ2v) is 5.50. The first-order valence-corrected chi connectivity index (χ1v) is 8.09. The van der Waals surface area contributed by atoms with Gasteiger partial charge in [-0.2, -0.15) is 5.10 Å². The van der Waals surface area contributed by atoms with Crippen LogP contribution in [0.25, 0.3) is 16.9 Å². The number of carbonyl (C=O) groups excluding carboxylic acids is 2. The summed E-state index contributed by atoms with van der Waals surface area (Å²) in [6, 6.07) is 13.1. The molecule has 3 rings (SSSR count). The first-order valence-electron chi connectivity index (χ1n) is 8.09. The zero-order chi connectivity index (χ0) is 18.4. The van der Waals surface area contributed by atoms with E-state index in [4.69, 9.17) is 0 Å². The lowest BCUT2D eigenvalue weighted by molar-refractivity contribution is -0.140. The van der Waals surface area contributed by atoms with Crippen molar-refractivity contribution in [2.24, 2.45) is 0 Å². The Kier molecular flexibility index (Phi) is 5.38. The van der Waals surface area contributed by atoms with Crippen LogP contribution in [0, 0.1) is 0 Å². The van der Waals surface area contributed by atoms with Gasteiger partial charge in [0.05, 0.1) is 24.8 Å². The number of nitrogens with one attached hydrogen (secondary N) is 1. The highest BCUT2D eigenvalue weighted by Crippen LogP contribution is 2.23. The summed E-state index contributed by atoms with van der Waals surface area (Å²) in [5.41, 5.74) is 2.51. The minimum Gasteiger partial charge on any atom is -0.469 e. The highest BCUT2D eigenvalue weighted by molar-refractivity contribution is 6.00. The van der Waals surface area contributed by atoms with E-state index >= 15 is 0 Å². The third-order valence-electron chi connectivity index (χ3n) is 3.76. The molecule has 0 aliphatic heterocycles. The Morgan fingerprint density at radius 1 is 1.15 bits per heavy atom. The Bertz CT molecular complexity index is 892. The zero-order valence-electron chi connectivity index (χ0n) is 14.3. The van der Waals surface area contributed by atoms with Gasteiger partial charge in [-0.15, -0.1) is 0 Å². The van der Waals surface area contributed by atoms with E-state index in [-0.39, 0.29) is 24.8 Å². The molecule has 0 aliphatic carbocycles. The van der Waals surface area contributed by atoms with Crippen molar-refractivity contribution in [2.75, 3.05) is 13.7 Å². The fourth-order valence-corrected chi connectivity index (χ4v) is 2.44. The molecule has 0 unspecified atom stereocenters. The third kappa shape index (κ3) is 3.94. The van der Waals surface area contributed by atoms with Gasteiger partial charge >= 0.3 is 5.97 Å². The number of para-hydroxylation sites is 1. The molecule has 1 N–H and O–H groups in total. The van der Waals surface area contributed by atoms with Crippen molar-refractivity contribution in [1.82, 2.24) is 20.1 Å². The van der Waals surface area contributed by atoms with Crippen LogP contribution in [-0.4, -0.2) is 40.3 Å². The molecule has 0 radical (unpaired) electrons. The van der Waals surface area contributed by atoms with Gasteiger partial charge in [-0.25, -0.2) is 4.68 Å². The van der Waals surface area contributed by atoms with E-state index in [1.54, 1.807) is 29.3 Å². The summed E-state index contributed by atoms with van der Waals surface area (Å²) in [7, 11) is 1.31. The van der Waals surface area contributed by atoms with Gasteiger partial charge in [0, 0.05) is 30.7 Å². The number of esters is 1. The van der Waals surface area contributed by atoms with E-state index in [1.807, 2.05) is 36.4 Å². The third-order valence-corrected chi connectivity index (χ3v) is 3.76. The molecule has 0 saturated carbocycles. The summed E-state index contributed by atoms with van der Waals surface area (Å²) in [4.78, 5) is 27.9. The van der Waals surface area contributed by atoms with Crippen LogP contribution in [0.2, 0.25) is 0 Å². The molecule has 26 heavy (non-hydrogen) atoms. The van der Waals surface area contributed by atoms with Gasteiger partial charge in [0.2, 0.25) is 0 Å². The monoisotopic (exact) mass is 350 g/mol. The second kappa shape index (κ2) is 8.06. The smallest absolute Gasteiger partial charge is 0.307 e. The van der Waals surface area contributed by atoms with Crippen LogP contribution in [0.1, 0.15) is 16.8 Å². The molecule has 0 fully saturated rings. The molecule has 0 bridgehead atoms.